The van der Waals surface area contributed by atoms with Crippen molar-refractivity contribution in [1.29, 1.82) is 0 Å². The number of thiazole rings is 1. The second-order valence-corrected chi connectivity index (χ2v) is 8.65. The van der Waals surface area contributed by atoms with Crippen LogP contribution in [0.4, 0.5) is 9.52 Å². The van der Waals surface area contributed by atoms with Crippen LogP contribution in [-0.4, -0.2) is 35.0 Å². The zero-order valence-corrected chi connectivity index (χ0v) is 17.6. The summed E-state index contributed by atoms with van der Waals surface area (Å²) in [6.07, 6.45) is 3.29. The number of amides is 1. The van der Waals surface area contributed by atoms with Crippen molar-refractivity contribution in [2.75, 3.05) is 18.0 Å². The van der Waals surface area contributed by atoms with E-state index in [2.05, 4.69) is 21.3 Å². The summed E-state index contributed by atoms with van der Waals surface area (Å²) in [7, 11) is 0. The van der Waals surface area contributed by atoms with Gasteiger partial charge in [-0.05, 0) is 49.2 Å². The minimum Gasteiger partial charge on any atom is -0.349 e. The van der Waals surface area contributed by atoms with Gasteiger partial charge in [0.05, 0.1) is 21.5 Å². The van der Waals surface area contributed by atoms with E-state index in [-0.39, 0.29) is 17.8 Å². The third-order valence-corrected chi connectivity index (χ3v) is 6.63. The number of pyridine rings is 1. The number of fused-ring (bicyclic) bond motifs is 1. The minimum atomic E-state index is -0.307. The van der Waals surface area contributed by atoms with E-state index in [0.29, 0.717) is 16.8 Å². The Labute approximate surface area is 183 Å². The number of nitrogens with zero attached hydrogens (tertiary/aromatic N) is 3. The number of para-hydroxylation sites is 1. The summed E-state index contributed by atoms with van der Waals surface area (Å²) in [5.74, 6) is -0.435. The maximum Gasteiger partial charge on any atom is 0.253 e. The van der Waals surface area contributed by atoms with Crippen LogP contribution >= 0.6 is 11.3 Å². The molecule has 5 rings (SSSR count). The number of anilines is 1. The van der Waals surface area contributed by atoms with Crippen LogP contribution in [0.5, 0.6) is 0 Å². The quantitative estimate of drug-likeness (QED) is 0.499. The number of benzene rings is 2. The standard InChI is InChI=1S/C24H21FN4OS/c25-18-5-3-4-16(14-18)20-9-8-17(15-26-20)23(30)27-19-10-12-29(13-11-19)24-28-21-6-1-2-7-22(21)31-24/h1-9,14-15,19H,10-13H2,(H,27,30). The lowest BCUT2D eigenvalue weighted by molar-refractivity contribution is 0.0931. The number of hydrogen-bond donors (Lipinski definition) is 1. The van der Waals surface area contributed by atoms with E-state index in [1.54, 1.807) is 41.8 Å². The Morgan fingerprint density at radius 1 is 1.06 bits per heavy atom. The highest BCUT2D eigenvalue weighted by Crippen LogP contribution is 2.30. The van der Waals surface area contributed by atoms with Crippen molar-refractivity contribution >= 4 is 32.6 Å². The van der Waals surface area contributed by atoms with Crippen molar-refractivity contribution in [2.24, 2.45) is 0 Å². The average Bonchev–Trinajstić information content (AvgIpc) is 3.24. The van der Waals surface area contributed by atoms with Gasteiger partial charge in [-0.25, -0.2) is 9.37 Å². The average molecular weight is 433 g/mol. The molecule has 1 saturated heterocycles. The molecule has 2 aromatic carbocycles. The molecule has 2 aromatic heterocycles. The highest BCUT2D eigenvalue weighted by Gasteiger charge is 2.23. The van der Waals surface area contributed by atoms with Gasteiger partial charge in [0, 0.05) is 30.9 Å². The monoisotopic (exact) mass is 432 g/mol. The Bertz CT molecular complexity index is 1180. The molecule has 0 atom stereocenters. The van der Waals surface area contributed by atoms with Gasteiger partial charge in [-0.2, -0.15) is 0 Å². The summed E-state index contributed by atoms with van der Waals surface area (Å²) in [6.45, 7) is 1.73. The second-order valence-electron chi connectivity index (χ2n) is 7.64. The lowest BCUT2D eigenvalue weighted by atomic mass is 10.0. The zero-order valence-electron chi connectivity index (χ0n) is 16.8. The molecule has 31 heavy (non-hydrogen) atoms. The third kappa shape index (κ3) is 4.27. The highest BCUT2D eigenvalue weighted by molar-refractivity contribution is 7.22. The normalized spacial score (nSPS) is 14.7. The molecule has 1 aliphatic rings. The molecule has 1 fully saturated rings. The van der Waals surface area contributed by atoms with Crippen LogP contribution in [0.3, 0.4) is 0 Å². The van der Waals surface area contributed by atoms with Crippen molar-refractivity contribution in [1.82, 2.24) is 15.3 Å². The molecule has 4 aromatic rings. The number of hydrogen-bond acceptors (Lipinski definition) is 5. The molecule has 0 radical (unpaired) electrons. The van der Waals surface area contributed by atoms with E-state index in [4.69, 9.17) is 4.98 Å². The molecule has 0 saturated carbocycles. The first-order chi connectivity index (χ1) is 15.2. The summed E-state index contributed by atoms with van der Waals surface area (Å²) in [4.78, 5) is 24.0. The molecular weight excluding hydrogens is 411 g/mol. The van der Waals surface area contributed by atoms with Crippen molar-refractivity contribution in [3.63, 3.8) is 0 Å². The molecule has 1 amide bonds. The van der Waals surface area contributed by atoms with Crippen LogP contribution in [0.2, 0.25) is 0 Å². The van der Waals surface area contributed by atoms with Crippen LogP contribution in [0.25, 0.3) is 21.5 Å². The van der Waals surface area contributed by atoms with Gasteiger partial charge in [-0.15, -0.1) is 0 Å². The molecule has 1 N–H and O–H groups in total. The minimum absolute atomic E-state index is 0.126. The lowest BCUT2D eigenvalue weighted by Crippen LogP contribution is -2.44. The van der Waals surface area contributed by atoms with E-state index >= 15 is 0 Å². The smallest absolute Gasteiger partial charge is 0.253 e. The number of nitrogens with one attached hydrogen (secondary N) is 1. The van der Waals surface area contributed by atoms with Gasteiger partial charge in [0.2, 0.25) is 0 Å². The fourth-order valence-corrected chi connectivity index (χ4v) is 4.84. The van der Waals surface area contributed by atoms with Crippen LogP contribution in [0.1, 0.15) is 23.2 Å². The zero-order chi connectivity index (χ0) is 21.2. The van der Waals surface area contributed by atoms with Crippen LogP contribution < -0.4 is 10.2 Å². The summed E-state index contributed by atoms with van der Waals surface area (Å²) >= 11 is 1.71. The van der Waals surface area contributed by atoms with Crippen molar-refractivity contribution in [3.8, 4) is 11.3 Å². The first-order valence-corrected chi connectivity index (χ1v) is 11.1. The molecule has 3 heterocycles. The van der Waals surface area contributed by atoms with E-state index in [0.717, 1.165) is 36.6 Å². The van der Waals surface area contributed by atoms with Crippen LogP contribution in [-0.2, 0) is 0 Å². The molecular formula is C24H21FN4OS. The number of carbonyl (C=O) groups excluding carboxylic acids is 1. The van der Waals surface area contributed by atoms with Crippen molar-refractivity contribution in [2.45, 2.75) is 18.9 Å². The molecule has 0 unspecified atom stereocenters. The van der Waals surface area contributed by atoms with E-state index in [1.807, 2.05) is 18.2 Å². The molecule has 1 aliphatic heterocycles. The molecule has 7 heteroatoms. The summed E-state index contributed by atoms with van der Waals surface area (Å²) in [5.41, 5.74) is 2.87. The van der Waals surface area contributed by atoms with Crippen molar-refractivity contribution in [3.05, 3.63) is 78.2 Å². The summed E-state index contributed by atoms with van der Waals surface area (Å²) in [5, 5.41) is 4.16. The van der Waals surface area contributed by atoms with Gasteiger partial charge in [0.15, 0.2) is 5.13 Å². The molecule has 156 valence electrons. The Balaban J connectivity index is 1.19. The Morgan fingerprint density at radius 3 is 2.65 bits per heavy atom. The number of aromatic nitrogens is 2. The maximum absolute atomic E-state index is 13.4. The van der Waals surface area contributed by atoms with E-state index in [9.17, 15) is 9.18 Å². The number of piperidine rings is 1. The maximum atomic E-state index is 13.4. The number of carbonyl (C=O) groups is 1. The van der Waals surface area contributed by atoms with Crippen LogP contribution in [0, 0.1) is 5.82 Å². The van der Waals surface area contributed by atoms with Crippen LogP contribution in [0.15, 0.2) is 66.9 Å². The van der Waals surface area contributed by atoms with Gasteiger partial charge < -0.3 is 10.2 Å². The molecule has 0 aliphatic carbocycles. The Hall–Kier alpha value is -3.32. The lowest BCUT2D eigenvalue weighted by Gasteiger charge is -2.32. The number of halogens is 1. The highest BCUT2D eigenvalue weighted by atomic mass is 32.1. The van der Waals surface area contributed by atoms with E-state index < -0.39 is 0 Å². The molecule has 5 nitrogen and oxygen atoms in total. The predicted molar refractivity (Wildman–Crippen MR) is 122 cm³/mol. The van der Waals surface area contributed by atoms with E-state index in [1.165, 1.54) is 16.8 Å². The largest absolute Gasteiger partial charge is 0.349 e. The topological polar surface area (TPSA) is 58.1 Å². The number of rotatable bonds is 4. The second kappa shape index (κ2) is 8.43. The first-order valence-electron chi connectivity index (χ1n) is 10.3. The summed E-state index contributed by atoms with van der Waals surface area (Å²) in [6, 6.07) is 18.1. The first kappa shape index (κ1) is 19.6. The van der Waals surface area contributed by atoms with Gasteiger partial charge in [-0.3, -0.25) is 9.78 Å². The Morgan fingerprint density at radius 2 is 1.90 bits per heavy atom. The molecule has 0 spiro atoms. The predicted octanol–water partition coefficient (Wildman–Crippen LogP) is 4.90. The fraction of sp³-hybridized carbons (Fsp3) is 0.208. The summed E-state index contributed by atoms with van der Waals surface area (Å²) < 4.78 is 14.6. The van der Waals surface area contributed by atoms with Gasteiger partial charge in [-0.1, -0.05) is 35.6 Å². The fourth-order valence-electron chi connectivity index (χ4n) is 3.83. The SMILES string of the molecule is O=C(NC1CCN(c2nc3ccccc3s2)CC1)c1ccc(-c2cccc(F)c2)nc1. The Kier molecular flexibility index (Phi) is 5.34. The molecule has 0 bridgehead atoms. The van der Waals surface area contributed by atoms with Gasteiger partial charge in [0.1, 0.15) is 5.82 Å². The third-order valence-electron chi connectivity index (χ3n) is 5.53. The van der Waals surface area contributed by atoms with Gasteiger partial charge in [0.25, 0.3) is 5.91 Å². The van der Waals surface area contributed by atoms with Crippen molar-refractivity contribution < 1.29 is 9.18 Å². The van der Waals surface area contributed by atoms with Gasteiger partial charge >= 0.3 is 0 Å².